The highest BCUT2D eigenvalue weighted by molar-refractivity contribution is 5.98. The third-order valence-electron chi connectivity index (χ3n) is 3.64. The minimum atomic E-state index is 0.0576. The van der Waals surface area contributed by atoms with Gasteiger partial charge in [0.1, 0.15) is 5.75 Å². The van der Waals surface area contributed by atoms with E-state index in [1.165, 1.54) is 6.20 Å². The third-order valence-corrected chi connectivity index (χ3v) is 3.64. The van der Waals surface area contributed by atoms with Gasteiger partial charge in [0.15, 0.2) is 5.78 Å². The van der Waals surface area contributed by atoms with Crippen LogP contribution in [0.4, 0.5) is 5.95 Å². The van der Waals surface area contributed by atoms with E-state index in [9.17, 15) is 4.79 Å². The van der Waals surface area contributed by atoms with Gasteiger partial charge in [0.25, 0.3) is 0 Å². The molecule has 5 heteroatoms. The van der Waals surface area contributed by atoms with Crippen LogP contribution in [0.2, 0.25) is 0 Å². The molecule has 2 aromatic rings. The number of nitrogens with two attached hydrogens (primary N) is 1. The Morgan fingerprint density at radius 1 is 1.30 bits per heavy atom. The SMILES string of the molecule is COc1ccccc1C1CC(=O)c2cnc(N)nc2C1. The van der Waals surface area contributed by atoms with E-state index in [-0.39, 0.29) is 17.6 Å². The van der Waals surface area contributed by atoms with Crippen molar-refractivity contribution in [3.8, 4) is 5.75 Å². The Bertz CT molecular complexity index is 670. The first-order valence-corrected chi connectivity index (χ1v) is 6.46. The molecule has 20 heavy (non-hydrogen) atoms. The lowest BCUT2D eigenvalue weighted by Gasteiger charge is -2.24. The van der Waals surface area contributed by atoms with Crippen molar-refractivity contribution in [1.29, 1.82) is 0 Å². The van der Waals surface area contributed by atoms with Gasteiger partial charge in [0.05, 0.1) is 18.4 Å². The number of para-hydroxylation sites is 1. The number of hydrogen-bond donors (Lipinski definition) is 1. The van der Waals surface area contributed by atoms with Gasteiger partial charge in [-0.15, -0.1) is 0 Å². The fourth-order valence-corrected chi connectivity index (χ4v) is 2.68. The quantitative estimate of drug-likeness (QED) is 0.902. The topological polar surface area (TPSA) is 78.1 Å². The van der Waals surface area contributed by atoms with Crippen molar-refractivity contribution in [3.05, 3.63) is 47.3 Å². The fourth-order valence-electron chi connectivity index (χ4n) is 2.68. The summed E-state index contributed by atoms with van der Waals surface area (Å²) in [4.78, 5) is 20.3. The lowest BCUT2D eigenvalue weighted by molar-refractivity contribution is 0.0962. The lowest BCUT2D eigenvalue weighted by Crippen LogP contribution is -2.21. The van der Waals surface area contributed by atoms with Crippen LogP contribution in [-0.4, -0.2) is 22.9 Å². The molecule has 1 aliphatic carbocycles. The molecule has 102 valence electrons. The molecule has 1 aliphatic rings. The molecule has 1 unspecified atom stereocenters. The Balaban J connectivity index is 2.00. The van der Waals surface area contributed by atoms with Gasteiger partial charge in [0.2, 0.25) is 5.95 Å². The van der Waals surface area contributed by atoms with Crippen molar-refractivity contribution in [1.82, 2.24) is 9.97 Å². The number of anilines is 1. The van der Waals surface area contributed by atoms with Crippen LogP contribution >= 0.6 is 0 Å². The molecule has 3 rings (SSSR count). The van der Waals surface area contributed by atoms with E-state index in [4.69, 9.17) is 10.5 Å². The molecule has 0 amide bonds. The molecule has 1 aromatic heterocycles. The van der Waals surface area contributed by atoms with Crippen molar-refractivity contribution in [2.75, 3.05) is 12.8 Å². The molecule has 0 radical (unpaired) electrons. The number of methoxy groups -OCH3 is 1. The zero-order valence-corrected chi connectivity index (χ0v) is 11.2. The van der Waals surface area contributed by atoms with E-state index in [0.29, 0.717) is 18.4 Å². The van der Waals surface area contributed by atoms with Crippen molar-refractivity contribution < 1.29 is 9.53 Å². The monoisotopic (exact) mass is 269 g/mol. The van der Waals surface area contributed by atoms with Gasteiger partial charge in [-0.05, 0) is 18.1 Å². The van der Waals surface area contributed by atoms with Crippen LogP contribution in [0.3, 0.4) is 0 Å². The van der Waals surface area contributed by atoms with Crippen molar-refractivity contribution in [3.63, 3.8) is 0 Å². The zero-order valence-electron chi connectivity index (χ0n) is 11.2. The summed E-state index contributed by atoms with van der Waals surface area (Å²) < 4.78 is 5.38. The Morgan fingerprint density at radius 2 is 2.10 bits per heavy atom. The first-order valence-electron chi connectivity index (χ1n) is 6.46. The first kappa shape index (κ1) is 12.6. The fraction of sp³-hybridized carbons (Fsp3) is 0.267. The van der Waals surface area contributed by atoms with Crippen LogP contribution in [0.1, 0.15) is 34.0 Å². The molecule has 1 aromatic carbocycles. The van der Waals surface area contributed by atoms with Crippen molar-refractivity contribution in [2.24, 2.45) is 0 Å². The smallest absolute Gasteiger partial charge is 0.220 e. The number of Topliss-reactive ketones (excluding diaryl/α,β-unsaturated/α-hetero) is 1. The van der Waals surface area contributed by atoms with E-state index < -0.39 is 0 Å². The number of nitrogen functional groups attached to an aromatic ring is 1. The summed E-state index contributed by atoms with van der Waals surface area (Å²) in [5, 5.41) is 0. The summed E-state index contributed by atoms with van der Waals surface area (Å²) in [5.41, 5.74) is 7.96. The molecule has 0 saturated carbocycles. The molecule has 0 aliphatic heterocycles. The summed E-state index contributed by atoms with van der Waals surface area (Å²) in [6.45, 7) is 0. The Hall–Kier alpha value is -2.43. The van der Waals surface area contributed by atoms with Crippen LogP contribution in [0.25, 0.3) is 0 Å². The maximum Gasteiger partial charge on any atom is 0.220 e. The van der Waals surface area contributed by atoms with Crippen LogP contribution in [0.15, 0.2) is 30.5 Å². The summed E-state index contributed by atoms with van der Waals surface area (Å²) in [6.07, 6.45) is 2.65. The van der Waals surface area contributed by atoms with Crippen molar-refractivity contribution >= 4 is 11.7 Å². The minimum Gasteiger partial charge on any atom is -0.496 e. The van der Waals surface area contributed by atoms with Crippen molar-refractivity contribution in [2.45, 2.75) is 18.8 Å². The minimum absolute atomic E-state index is 0.0576. The molecule has 2 N–H and O–H groups in total. The van der Waals surface area contributed by atoms with Gasteiger partial charge in [-0.25, -0.2) is 9.97 Å². The average molecular weight is 269 g/mol. The van der Waals surface area contributed by atoms with Crippen LogP contribution in [0, 0.1) is 0 Å². The van der Waals surface area contributed by atoms with E-state index in [1.807, 2.05) is 24.3 Å². The second-order valence-electron chi connectivity index (χ2n) is 4.86. The van der Waals surface area contributed by atoms with E-state index in [1.54, 1.807) is 7.11 Å². The summed E-state index contributed by atoms with van der Waals surface area (Å²) in [7, 11) is 1.64. The number of fused-ring (bicyclic) bond motifs is 1. The molecule has 1 atom stereocenters. The molecular weight excluding hydrogens is 254 g/mol. The lowest BCUT2D eigenvalue weighted by atomic mass is 9.82. The number of carbonyl (C=O) groups is 1. The highest BCUT2D eigenvalue weighted by Crippen LogP contribution is 2.36. The molecular formula is C15H15N3O2. The largest absolute Gasteiger partial charge is 0.496 e. The average Bonchev–Trinajstić information content (AvgIpc) is 2.46. The molecule has 1 heterocycles. The van der Waals surface area contributed by atoms with E-state index >= 15 is 0 Å². The predicted octanol–water partition coefficient (Wildman–Crippen LogP) is 1.98. The number of carbonyl (C=O) groups excluding carboxylic acids is 1. The summed E-state index contributed by atoms with van der Waals surface area (Å²) >= 11 is 0. The Kier molecular flexibility index (Phi) is 3.10. The number of hydrogen-bond acceptors (Lipinski definition) is 5. The van der Waals surface area contributed by atoms with Gasteiger partial charge in [0, 0.05) is 18.5 Å². The summed E-state index contributed by atoms with van der Waals surface area (Å²) in [6, 6.07) is 7.77. The second-order valence-corrected chi connectivity index (χ2v) is 4.86. The number of benzene rings is 1. The predicted molar refractivity (Wildman–Crippen MR) is 74.8 cm³/mol. The van der Waals surface area contributed by atoms with Gasteiger partial charge < -0.3 is 10.5 Å². The van der Waals surface area contributed by atoms with Gasteiger partial charge >= 0.3 is 0 Å². The maximum atomic E-state index is 12.2. The Morgan fingerprint density at radius 3 is 2.90 bits per heavy atom. The number of aromatic nitrogens is 2. The van der Waals surface area contributed by atoms with Crippen LogP contribution in [-0.2, 0) is 6.42 Å². The molecule has 5 nitrogen and oxygen atoms in total. The summed E-state index contributed by atoms with van der Waals surface area (Å²) in [5.74, 6) is 1.13. The Labute approximate surface area is 116 Å². The zero-order chi connectivity index (χ0) is 14.1. The molecule has 0 saturated heterocycles. The van der Waals surface area contributed by atoms with E-state index in [2.05, 4.69) is 9.97 Å². The number of ketones is 1. The first-order chi connectivity index (χ1) is 9.69. The third kappa shape index (κ3) is 2.11. The molecule has 0 bridgehead atoms. The molecule has 0 spiro atoms. The number of rotatable bonds is 2. The number of nitrogens with zero attached hydrogens (tertiary/aromatic N) is 2. The standard InChI is InChI=1S/C15H15N3O2/c1-20-14-5-3-2-4-10(14)9-6-12-11(13(19)7-9)8-17-15(16)18-12/h2-5,8-9H,6-7H2,1H3,(H2,16,17,18). The van der Waals surface area contributed by atoms with Gasteiger partial charge in [-0.2, -0.15) is 0 Å². The van der Waals surface area contributed by atoms with Crippen LogP contribution in [0.5, 0.6) is 5.75 Å². The van der Waals surface area contributed by atoms with Gasteiger partial charge in [-0.1, -0.05) is 18.2 Å². The maximum absolute atomic E-state index is 12.2. The normalized spacial score (nSPS) is 17.6. The van der Waals surface area contributed by atoms with E-state index in [0.717, 1.165) is 17.0 Å². The second kappa shape index (κ2) is 4.92. The highest BCUT2D eigenvalue weighted by atomic mass is 16.5. The van der Waals surface area contributed by atoms with Gasteiger partial charge in [-0.3, -0.25) is 4.79 Å². The molecule has 0 fully saturated rings. The number of ether oxygens (including phenoxy) is 1. The van der Waals surface area contributed by atoms with Crippen LogP contribution < -0.4 is 10.5 Å². The highest BCUT2D eigenvalue weighted by Gasteiger charge is 2.29.